The van der Waals surface area contributed by atoms with E-state index in [0.717, 1.165) is 17.7 Å². The minimum absolute atomic E-state index is 0.244. The maximum atomic E-state index is 12.3. The van der Waals surface area contributed by atoms with E-state index in [-0.39, 0.29) is 6.09 Å². The van der Waals surface area contributed by atoms with Gasteiger partial charge < -0.3 is 9.64 Å². The van der Waals surface area contributed by atoms with Gasteiger partial charge in [0.05, 0.1) is 5.69 Å². The number of pyridine rings is 1. The number of fused-ring (bicyclic) bond motifs is 1. The number of hydrogen-bond acceptors (Lipinski definition) is 3. The van der Waals surface area contributed by atoms with Crippen molar-refractivity contribution in [2.75, 3.05) is 6.54 Å². The van der Waals surface area contributed by atoms with Crippen LogP contribution in [0.1, 0.15) is 31.9 Å². The van der Waals surface area contributed by atoms with Crippen LogP contribution in [0.15, 0.2) is 42.6 Å². The number of hydrogen-bond donors (Lipinski definition) is 0. The molecule has 0 saturated heterocycles. The number of rotatable bonds is 1. The van der Waals surface area contributed by atoms with Crippen molar-refractivity contribution in [2.24, 2.45) is 0 Å². The molecule has 4 nitrogen and oxygen atoms in total. The van der Waals surface area contributed by atoms with Gasteiger partial charge in [-0.3, -0.25) is 4.98 Å². The van der Waals surface area contributed by atoms with E-state index in [1.807, 2.05) is 51.2 Å². The summed E-state index contributed by atoms with van der Waals surface area (Å²) in [6, 6.07) is 12.2. The third-order valence-corrected chi connectivity index (χ3v) is 3.86. The third-order valence-electron chi connectivity index (χ3n) is 3.86. The summed E-state index contributed by atoms with van der Waals surface area (Å²) in [7, 11) is 0. The van der Waals surface area contributed by atoms with E-state index in [4.69, 9.17) is 4.74 Å². The molecule has 1 aromatic heterocycles. The second-order valence-corrected chi connectivity index (χ2v) is 6.81. The number of aromatic nitrogens is 1. The van der Waals surface area contributed by atoms with Gasteiger partial charge in [0.2, 0.25) is 0 Å². The van der Waals surface area contributed by atoms with Crippen LogP contribution < -0.4 is 0 Å². The Morgan fingerprint density at radius 3 is 2.70 bits per heavy atom. The molecule has 3 rings (SSSR count). The van der Waals surface area contributed by atoms with Crippen LogP contribution in [0.2, 0.25) is 0 Å². The molecule has 0 radical (unpaired) electrons. The lowest BCUT2D eigenvalue weighted by Crippen LogP contribution is -2.40. The van der Waals surface area contributed by atoms with Gasteiger partial charge >= 0.3 is 6.09 Å². The maximum Gasteiger partial charge on any atom is 0.410 e. The molecule has 1 aliphatic rings. The first-order chi connectivity index (χ1) is 10.9. The first-order valence-corrected chi connectivity index (χ1v) is 7.94. The molecule has 1 aromatic carbocycles. The number of carbonyl (C=O) groups excluding carboxylic acids is 1. The molecule has 0 aliphatic carbocycles. The van der Waals surface area contributed by atoms with Gasteiger partial charge in [0.1, 0.15) is 5.60 Å². The number of ether oxygens (including phenoxy) is 1. The first-order valence-electron chi connectivity index (χ1n) is 7.94. The largest absolute Gasteiger partial charge is 0.444 e. The predicted octanol–water partition coefficient (Wildman–Crippen LogP) is 4.04. The smallest absolute Gasteiger partial charge is 0.410 e. The lowest BCUT2D eigenvalue weighted by molar-refractivity contribution is 0.0224. The van der Waals surface area contributed by atoms with Crippen LogP contribution >= 0.6 is 0 Å². The van der Waals surface area contributed by atoms with E-state index in [0.29, 0.717) is 13.1 Å². The minimum atomic E-state index is -0.465. The molecule has 23 heavy (non-hydrogen) atoms. The van der Waals surface area contributed by atoms with Gasteiger partial charge in [-0.05, 0) is 50.5 Å². The van der Waals surface area contributed by atoms with Gasteiger partial charge in [0, 0.05) is 24.8 Å². The molecule has 120 valence electrons. The van der Waals surface area contributed by atoms with E-state index in [2.05, 4.69) is 17.1 Å². The molecule has 0 saturated carbocycles. The lowest BCUT2D eigenvalue weighted by atomic mass is 9.93. The van der Waals surface area contributed by atoms with Crippen molar-refractivity contribution in [1.29, 1.82) is 0 Å². The Kier molecular flexibility index (Phi) is 4.07. The van der Waals surface area contributed by atoms with Crippen LogP contribution in [-0.2, 0) is 17.7 Å². The summed E-state index contributed by atoms with van der Waals surface area (Å²) >= 11 is 0. The van der Waals surface area contributed by atoms with E-state index in [9.17, 15) is 4.79 Å². The molecule has 0 fully saturated rings. The second kappa shape index (κ2) is 6.03. The molecule has 0 N–H and O–H groups in total. The highest BCUT2D eigenvalue weighted by Gasteiger charge is 2.26. The number of carbonyl (C=O) groups is 1. The summed E-state index contributed by atoms with van der Waals surface area (Å²) in [5.74, 6) is 0. The Bertz CT molecular complexity index is 705. The number of benzene rings is 1. The zero-order valence-electron chi connectivity index (χ0n) is 13.9. The summed E-state index contributed by atoms with van der Waals surface area (Å²) in [6.07, 6.45) is 2.39. The zero-order chi connectivity index (χ0) is 16.4. The van der Waals surface area contributed by atoms with Gasteiger partial charge in [-0.15, -0.1) is 0 Å². The minimum Gasteiger partial charge on any atom is -0.444 e. The highest BCUT2D eigenvalue weighted by Crippen LogP contribution is 2.29. The van der Waals surface area contributed by atoms with Crippen molar-refractivity contribution in [3.8, 4) is 11.3 Å². The molecule has 1 amide bonds. The van der Waals surface area contributed by atoms with Crippen molar-refractivity contribution < 1.29 is 9.53 Å². The number of amides is 1. The fraction of sp³-hybridized carbons (Fsp3) is 0.368. The van der Waals surface area contributed by atoms with Crippen molar-refractivity contribution in [3.63, 3.8) is 0 Å². The van der Waals surface area contributed by atoms with Gasteiger partial charge in [0.15, 0.2) is 0 Å². The van der Waals surface area contributed by atoms with Gasteiger partial charge in [-0.25, -0.2) is 4.79 Å². The van der Waals surface area contributed by atoms with Gasteiger partial charge in [-0.2, -0.15) is 0 Å². The topological polar surface area (TPSA) is 42.4 Å². The van der Waals surface area contributed by atoms with E-state index < -0.39 is 5.60 Å². The molecular weight excluding hydrogens is 288 g/mol. The van der Waals surface area contributed by atoms with Crippen LogP contribution in [-0.4, -0.2) is 28.1 Å². The van der Waals surface area contributed by atoms with E-state index >= 15 is 0 Å². The monoisotopic (exact) mass is 310 g/mol. The van der Waals surface area contributed by atoms with Crippen molar-refractivity contribution >= 4 is 6.09 Å². The van der Waals surface area contributed by atoms with Crippen LogP contribution in [0.25, 0.3) is 11.3 Å². The first kappa shape index (κ1) is 15.5. The predicted molar refractivity (Wildman–Crippen MR) is 90.0 cm³/mol. The van der Waals surface area contributed by atoms with Crippen LogP contribution in [0.4, 0.5) is 4.79 Å². The second-order valence-electron chi connectivity index (χ2n) is 6.81. The Morgan fingerprint density at radius 1 is 1.17 bits per heavy atom. The zero-order valence-corrected chi connectivity index (χ0v) is 13.9. The molecular formula is C19H22N2O2. The molecule has 0 atom stereocenters. The summed E-state index contributed by atoms with van der Waals surface area (Å²) in [5.41, 5.74) is 4.13. The highest BCUT2D eigenvalue weighted by atomic mass is 16.6. The van der Waals surface area contributed by atoms with Gasteiger partial charge in [0.25, 0.3) is 0 Å². The van der Waals surface area contributed by atoms with Crippen LogP contribution in [0.3, 0.4) is 0 Å². The van der Waals surface area contributed by atoms with Crippen molar-refractivity contribution in [2.45, 2.75) is 39.3 Å². The average Bonchev–Trinajstić information content (AvgIpc) is 2.53. The fourth-order valence-electron chi connectivity index (χ4n) is 2.85. The molecule has 0 bridgehead atoms. The van der Waals surface area contributed by atoms with E-state index in [1.165, 1.54) is 11.1 Å². The average molecular weight is 310 g/mol. The quantitative estimate of drug-likeness (QED) is 0.798. The summed E-state index contributed by atoms with van der Waals surface area (Å²) < 4.78 is 5.48. The summed E-state index contributed by atoms with van der Waals surface area (Å²) in [6.45, 7) is 6.93. The highest BCUT2D eigenvalue weighted by molar-refractivity contribution is 5.71. The van der Waals surface area contributed by atoms with Crippen LogP contribution in [0.5, 0.6) is 0 Å². The van der Waals surface area contributed by atoms with Crippen molar-refractivity contribution in [3.05, 3.63) is 53.7 Å². The third kappa shape index (κ3) is 3.52. The van der Waals surface area contributed by atoms with Crippen LogP contribution in [0, 0.1) is 0 Å². The Labute approximate surface area is 137 Å². The lowest BCUT2D eigenvalue weighted by Gasteiger charge is -2.32. The van der Waals surface area contributed by atoms with Crippen molar-refractivity contribution in [1.82, 2.24) is 9.88 Å². The van der Waals surface area contributed by atoms with Gasteiger partial charge in [-0.1, -0.05) is 24.3 Å². The molecule has 2 heterocycles. The molecule has 2 aromatic rings. The standard InChI is InChI=1S/C19H22N2O2/c1-19(2,3)23-18(22)21-12-10-15-14(13-21)7-6-8-16(15)17-9-4-5-11-20-17/h4-9,11H,10,12-13H2,1-3H3. The fourth-order valence-corrected chi connectivity index (χ4v) is 2.85. The summed E-state index contributed by atoms with van der Waals surface area (Å²) in [4.78, 5) is 18.5. The molecule has 1 aliphatic heterocycles. The Hall–Kier alpha value is -2.36. The molecule has 0 spiro atoms. The van der Waals surface area contributed by atoms with E-state index in [1.54, 1.807) is 4.90 Å². The maximum absolute atomic E-state index is 12.3. The normalized spacial score (nSPS) is 14.3. The summed E-state index contributed by atoms with van der Waals surface area (Å²) in [5, 5.41) is 0. The molecule has 4 heteroatoms. The number of nitrogens with zero attached hydrogens (tertiary/aromatic N) is 2. The SMILES string of the molecule is CC(C)(C)OC(=O)N1CCc2c(cccc2-c2ccccn2)C1. The Morgan fingerprint density at radius 2 is 2.00 bits per heavy atom. The molecule has 0 unspecified atom stereocenters. The Balaban J connectivity index is 1.84.